The van der Waals surface area contributed by atoms with Crippen LogP contribution in [-0.4, -0.2) is 16.2 Å². The van der Waals surface area contributed by atoms with E-state index in [9.17, 15) is 4.39 Å². The highest BCUT2D eigenvalue weighted by Gasteiger charge is 2.38. The van der Waals surface area contributed by atoms with Gasteiger partial charge in [0.15, 0.2) is 0 Å². The van der Waals surface area contributed by atoms with Crippen molar-refractivity contribution in [2.45, 2.75) is 44.2 Å². The molecule has 1 aromatic heterocycles. The molecule has 3 atom stereocenters. The van der Waals surface area contributed by atoms with Crippen LogP contribution in [0.2, 0.25) is 0 Å². The monoisotopic (exact) mass is 287 g/mol. The topological polar surface area (TPSA) is 51.0 Å². The highest BCUT2D eigenvalue weighted by Crippen LogP contribution is 2.38. The van der Waals surface area contributed by atoms with Gasteiger partial charge in [0, 0.05) is 11.6 Å². The summed E-state index contributed by atoms with van der Waals surface area (Å²) < 4.78 is 18.7. The molecule has 21 heavy (non-hydrogen) atoms. The molecule has 1 N–H and O–H groups in total. The van der Waals surface area contributed by atoms with E-state index >= 15 is 0 Å². The van der Waals surface area contributed by atoms with Crippen molar-refractivity contribution in [2.24, 2.45) is 5.92 Å². The van der Waals surface area contributed by atoms with Crippen LogP contribution in [0, 0.1) is 11.7 Å². The molecule has 2 aliphatic rings. The van der Waals surface area contributed by atoms with Crippen molar-refractivity contribution in [3.05, 3.63) is 36.0 Å². The third-order valence-corrected chi connectivity index (χ3v) is 4.69. The Hall–Kier alpha value is -1.75. The quantitative estimate of drug-likeness (QED) is 0.919. The molecule has 2 heterocycles. The summed E-state index contributed by atoms with van der Waals surface area (Å²) in [5, 5.41) is 7.61. The lowest BCUT2D eigenvalue weighted by Crippen LogP contribution is -2.30. The number of hydrogen-bond acceptors (Lipinski definition) is 4. The first-order valence-corrected chi connectivity index (χ1v) is 7.65. The van der Waals surface area contributed by atoms with E-state index in [0.717, 1.165) is 12.3 Å². The van der Waals surface area contributed by atoms with Gasteiger partial charge in [-0.15, -0.1) is 0 Å². The van der Waals surface area contributed by atoms with Gasteiger partial charge in [0.1, 0.15) is 5.82 Å². The largest absolute Gasteiger partial charge is 0.337 e. The highest BCUT2D eigenvalue weighted by atomic mass is 19.1. The molecule has 2 fully saturated rings. The van der Waals surface area contributed by atoms with Crippen molar-refractivity contribution in [2.75, 3.05) is 0 Å². The molecule has 4 nitrogen and oxygen atoms in total. The number of nitrogens with one attached hydrogen (secondary N) is 1. The zero-order valence-electron chi connectivity index (χ0n) is 11.8. The third-order valence-electron chi connectivity index (χ3n) is 4.69. The first-order valence-electron chi connectivity index (χ1n) is 7.65. The van der Waals surface area contributed by atoms with Gasteiger partial charge in [-0.25, -0.2) is 4.39 Å². The molecular weight excluding hydrogens is 269 g/mol. The summed E-state index contributed by atoms with van der Waals surface area (Å²) >= 11 is 0. The molecule has 1 aliphatic carbocycles. The number of hydrogen-bond donors (Lipinski definition) is 1. The Balaban J connectivity index is 1.55. The molecular formula is C16H18FN3O. The molecule has 3 unspecified atom stereocenters. The van der Waals surface area contributed by atoms with Gasteiger partial charge in [-0.1, -0.05) is 30.1 Å². The standard InChI is InChI=1S/C16H18FN3O/c17-12-6-3-5-11(8-12)15-19-16(21-20-15)14-9-10-4-1-2-7-13(10)18-14/h3,5-6,8,10,13-14,18H,1-2,4,7,9H2. The van der Waals surface area contributed by atoms with Gasteiger partial charge < -0.3 is 9.84 Å². The molecule has 0 bridgehead atoms. The van der Waals surface area contributed by atoms with Crippen molar-refractivity contribution in [1.29, 1.82) is 0 Å². The van der Waals surface area contributed by atoms with Gasteiger partial charge in [0.2, 0.25) is 11.7 Å². The lowest BCUT2D eigenvalue weighted by molar-refractivity contribution is 0.324. The predicted octanol–water partition coefficient (Wildman–Crippen LogP) is 3.47. The Kier molecular flexibility index (Phi) is 3.22. The van der Waals surface area contributed by atoms with E-state index in [1.165, 1.54) is 37.8 Å². The summed E-state index contributed by atoms with van der Waals surface area (Å²) in [5.41, 5.74) is 0.653. The molecule has 1 aromatic carbocycles. The van der Waals surface area contributed by atoms with E-state index in [1.807, 2.05) is 0 Å². The average Bonchev–Trinajstić information content (AvgIpc) is 3.14. The minimum absolute atomic E-state index is 0.146. The molecule has 2 aromatic rings. The average molecular weight is 287 g/mol. The maximum atomic E-state index is 13.3. The Morgan fingerprint density at radius 3 is 3.00 bits per heavy atom. The fraction of sp³-hybridized carbons (Fsp3) is 0.500. The Bertz CT molecular complexity index is 628. The molecule has 1 saturated heterocycles. The van der Waals surface area contributed by atoms with Crippen molar-refractivity contribution in [3.63, 3.8) is 0 Å². The number of benzene rings is 1. The summed E-state index contributed by atoms with van der Waals surface area (Å²) in [5.74, 6) is 1.53. The lowest BCUT2D eigenvalue weighted by Gasteiger charge is -2.24. The van der Waals surface area contributed by atoms with Crippen LogP contribution < -0.4 is 5.32 Å². The molecule has 0 radical (unpaired) electrons. The summed E-state index contributed by atoms with van der Waals surface area (Å²) in [6.07, 6.45) is 6.23. The Morgan fingerprint density at radius 1 is 1.24 bits per heavy atom. The smallest absolute Gasteiger partial charge is 0.244 e. The van der Waals surface area contributed by atoms with Crippen molar-refractivity contribution in [3.8, 4) is 11.4 Å². The SMILES string of the molecule is Fc1cccc(-c2noc(C3CC4CCCCC4N3)n2)c1. The van der Waals surface area contributed by atoms with Gasteiger partial charge in [-0.3, -0.25) is 0 Å². The lowest BCUT2D eigenvalue weighted by atomic mass is 9.85. The van der Waals surface area contributed by atoms with Gasteiger partial charge >= 0.3 is 0 Å². The fourth-order valence-corrected chi connectivity index (χ4v) is 3.63. The Labute approximate surface area is 122 Å². The number of rotatable bonds is 2. The van der Waals surface area contributed by atoms with E-state index in [1.54, 1.807) is 12.1 Å². The van der Waals surface area contributed by atoms with Gasteiger partial charge in [-0.05, 0) is 37.3 Å². The molecule has 4 rings (SSSR count). The van der Waals surface area contributed by atoms with E-state index in [4.69, 9.17) is 4.52 Å². The van der Waals surface area contributed by atoms with Crippen LogP contribution in [0.15, 0.2) is 28.8 Å². The predicted molar refractivity (Wildman–Crippen MR) is 75.9 cm³/mol. The van der Waals surface area contributed by atoms with Crippen molar-refractivity contribution < 1.29 is 8.91 Å². The molecule has 1 aliphatic heterocycles. The van der Waals surface area contributed by atoms with E-state index in [2.05, 4.69) is 15.5 Å². The number of aromatic nitrogens is 2. The fourth-order valence-electron chi connectivity index (χ4n) is 3.63. The van der Waals surface area contributed by atoms with E-state index in [0.29, 0.717) is 23.3 Å². The molecule has 1 saturated carbocycles. The Morgan fingerprint density at radius 2 is 2.14 bits per heavy atom. The van der Waals surface area contributed by atoms with Crippen LogP contribution in [0.1, 0.15) is 44.0 Å². The zero-order valence-corrected chi connectivity index (χ0v) is 11.8. The first kappa shape index (κ1) is 13.0. The van der Waals surface area contributed by atoms with Crippen molar-refractivity contribution >= 4 is 0 Å². The van der Waals surface area contributed by atoms with Gasteiger partial charge in [-0.2, -0.15) is 4.98 Å². The highest BCUT2D eigenvalue weighted by molar-refractivity contribution is 5.53. The van der Waals surface area contributed by atoms with Crippen LogP contribution in [-0.2, 0) is 0 Å². The second-order valence-electron chi connectivity index (χ2n) is 6.07. The molecule has 0 amide bonds. The van der Waals surface area contributed by atoms with E-state index in [-0.39, 0.29) is 11.9 Å². The second-order valence-corrected chi connectivity index (χ2v) is 6.07. The first-order chi connectivity index (χ1) is 10.3. The number of nitrogens with zero attached hydrogens (tertiary/aromatic N) is 2. The van der Waals surface area contributed by atoms with Gasteiger partial charge in [0.05, 0.1) is 6.04 Å². The zero-order chi connectivity index (χ0) is 14.2. The maximum Gasteiger partial charge on any atom is 0.244 e. The maximum absolute atomic E-state index is 13.3. The second kappa shape index (κ2) is 5.22. The van der Waals surface area contributed by atoms with Crippen LogP contribution >= 0.6 is 0 Å². The van der Waals surface area contributed by atoms with Crippen LogP contribution in [0.5, 0.6) is 0 Å². The minimum atomic E-state index is -0.288. The summed E-state index contributed by atoms with van der Waals surface area (Å²) in [6.45, 7) is 0. The van der Waals surface area contributed by atoms with Crippen molar-refractivity contribution in [1.82, 2.24) is 15.5 Å². The normalized spacial score (nSPS) is 28.5. The molecule has 5 heteroatoms. The van der Waals surface area contributed by atoms with Crippen LogP contribution in [0.25, 0.3) is 11.4 Å². The van der Waals surface area contributed by atoms with Crippen LogP contribution in [0.3, 0.4) is 0 Å². The van der Waals surface area contributed by atoms with Gasteiger partial charge in [0.25, 0.3) is 0 Å². The van der Waals surface area contributed by atoms with E-state index < -0.39 is 0 Å². The third kappa shape index (κ3) is 2.46. The summed E-state index contributed by atoms with van der Waals surface area (Å²) in [7, 11) is 0. The number of fused-ring (bicyclic) bond motifs is 1. The number of halogens is 1. The molecule has 110 valence electrons. The van der Waals surface area contributed by atoms with Crippen LogP contribution in [0.4, 0.5) is 4.39 Å². The summed E-state index contributed by atoms with van der Waals surface area (Å²) in [6, 6.07) is 7.02. The minimum Gasteiger partial charge on any atom is -0.337 e. The summed E-state index contributed by atoms with van der Waals surface area (Å²) in [4.78, 5) is 4.45. The molecule has 0 spiro atoms.